The van der Waals surface area contributed by atoms with Crippen LogP contribution in [0.5, 0.6) is 0 Å². The van der Waals surface area contributed by atoms with Crippen LogP contribution in [0.2, 0.25) is 0 Å². The second-order valence-corrected chi connectivity index (χ2v) is 6.32. The first-order valence-corrected chi connectivity index (χ1v) is 8.41. The molecule has 3 heteroatoms. The van der Waals surface area contributed by atoms with Crippen molar-refractivity contribution >= 4 is 0 Å². The maximum atomic E-state index is 13.3. The molecule has 2 nitrogen and oxygen atoms in total. The van der Waals surface area contributed by atoms with Crippen molar-refractivity contribution in [3.63, 3.8) is 0 Å². The Balaban J connectivity index is 1.92. The van der Waals surface area contributed by atoms with Crippen LogP contribution < -0.4 is 5.32 Å². The van der Waals surface area contributed by atoms with Crippen molar-refractivity contribution in [1.29, 1.82) is 0 Å². The van der Waals surface area contributed by atoms with E-state index in [-0.39, 0.29) is 5.82 Å². The van der Waals surface area contributed by atoms with Gasteiger partial charge in [-0.2, -0.15) is 0 Å². The Morgan fingerprint density at radius 1 is 1.38 bits per heavy atom. The third-order valence-electron chi connectivity index (χ3n) is 4.42. The second kappa shape index (κ2) is 8.50. The number of halogens is 1. The van der Waals surface area contributed by atoms with Gasteiger partial charge < -0.3 is 5.32 Å². The average molecular weight is 292 g/mol. The van der Waals surface area contributed by atoms with Gasteiger partial charge in [-0.15, -0.1) is 0 Å². The zero-order valence-corrected chi connectivity index (χ0v) is 13.4. The highest BCUT2D eigenvalue weighted by atomic mass is 19.1. The summed E-state index contributed by atoms with van der Waals surface area (Å²) >= 11 is 0. The Morgan fingerprint density at radius 3 is 2.90 bits per heavy atom. The lowest BCUT2D eigenvalue weighted by molar-refractivity contribution is 0.174. The number of benzene rings is 1. The number of nitrogens with one attached hydrogen (secondary N) is 1. The monoisotopic (exact) mass is 292 g/mol. The molecule has 1 aromatic rings. The molecule has 1 aliphatic heterocycles. The molecule has 2 atom stereocenters. The summed E-state index contributed by atoms with van der Waals surface area (Å²) in [5.41, 5.74) is 1.10. The average Bonchev–Trinajstić information content (AvgIpc) is 2.48. The molecule has 0 saturated carbocycles. The smallest absolute Gasteiger partial charge is 0.123 e. The van der Waals surface area contributed by atoms with E-state index in [2.05, 4.69) is 24.1 Å². The lowest BCUT2D eigenvalue weighted by Crippen LogP contribution is -2.47. The van der Waals surface area contributed by atoms with E-state index < -0.39 is 0 Å². The van der Waals surface area contributed by atoms with E-state index in [1.54, 1.807) is 6.07 Å². The predicted molar refractivity (Wildman–Crippen MR) is 87.1 cm³/mol. The summed E-state index contributed by atoms with van der Waals surface area (Å²) in [6.45, 7) is 7.89. The van der Waals surface area contributed by atoms with Crippen molar-refractivity contribution in [2.24, 2.45) is 0 Å². The van der Waals surface area contributed by atoms with E-state index in [9.17, 15) is 4.39 Å². The molecule has 1 N–H and O–H groups in total. The van der Waals surface area contributed by atoms with E-state index >= 15 is 0 Å². The van der Waals surface area contributed by atoms with Gasteiger partial charge in [-0.05, 0) is 63.4 Å². The molecule has 0 radical (unpaired) electrons. The molecule has 0 aromatic heterocycles. The molecule has 21 heavy (non-hydrogen) atoms. The van der Waals surface area contributed by atoms with E-state index in [0.29, 0.717) is 12.1 Å². The van der Waals surface area contributed by atoms with Gasteiger partial charge in [-0.25, -0.2) is 4.39 Å². The predicted octanol–water partition coefficient (Wildman–Crippen LogP) is 3.61. The third kappa shape index (κ3) is 5.40. The Kier molecular flexibility index (Phi) is 6.65. The van der Waals surface area contributed by atoms with Crippen molar-refractivity contribution in [3.05, 3.63) is 35.6 Å². The summed E-state index contributed by atoms with van der Waals surface area (Å²) in [6, 6.07) is 8.10. The number of hydrogen-bond acceptors (Lipinski definition) is 2. The number of hydrogen-bond donors (Lipinski definition) is 1. The van der Waals surface area contributed by atoms with Gasteiger partial charge in [0, 0.05) is 18.6 Å². The molecule has 0 bridgehead atoms. The minimum atomic E-state index is -0.129. The Bertz CT molecular complexity index is 415. The molecular formula is C18H29FN2. The van der Waals surface area contributed by atoms with Crippen molar-refractivity contribution in [2.45, 2.75) is 58.0 Å². The second-order valence-electron chi connectivity index (χ2n) is 6.32. The molecule has 2 rings (SSSR count). The zero-order chi connectivity index (χ0) is 15.1. The first-order valence-electron chi connectivity index (χ1n) is 8.41. The maximum Gasteiger partial charge on any atom is 0.123 e. The van der Waals surface area contributed by atoms with Crippen molar-refractivity contribution in [2.75, 3.05) is 19.6 Å². The van der Waals surface area contributed by atoms with E-state index in [4.69, 9.17) is 0 Å². The normalized spacial score (nSPS) is 20.7. The lowest BCUT2D eigenvalue weighted by Gasteiger charge is -2.34. The van der Waals surface area contributed by atoms with Crippen LogP contribution in [-0.2, 0) is 6.42 Å². The summed E-state index contributed by atoms with van der Waals surface area (Å²) in [5.74, 6) is -0.129. The summed E-state index contributed by atoms with van der Waals surface area (Å²) in [6.07, 6.45) is 6.02. The van der Waals surface area contributed by atoms with Crippen LogP contribution in [-0.4, -0.2) is 36.6 Å². The van der Waals surface area contributed by atoms with Gasteiger partial charge >= 0.3 is 0 Å². The number of piperidine rings is 1. The SMILES string of the molecule is CCCN(CC1CCCCN1)C(C)Cc1cccc(F)c1. The Hall–Kier alpha value is -0.930. The quantitative estimate of drug-likeness (QED) is 0.826. The largest absolute Gasteiger partial charge is 0.313 e. The fraction of sp³-hybridized carbons (Fsp3) is 0.667. The molecule has 118 valence electrons. The maximum absolute atomic E-state index is 13.3. The van der Waals surface area contributed by atoms with Crippen LogP contribution in [0.15, 0.2) is 24.3 Å². The highest BCUT2D eigenvalue weighted by Gasteiger charge is 2.20. The number of rotatable bonds is 7. The lowest BCUT2D eigenvalue weighted by atomic mass is 10.0. The molecule has 1 heterocycles. The third-order valence-corrected chi connectivity index (χ3v) is 4.42. The minimum absolute atomic E-state index is 0.129. The molecule has 1 aliphatic rings. The fourth-order valence-electron chi connectivity index (χ4n) is 3.28. The van der Waals surface area contributed by atoms with Gasteiger partial charge in [0.2, 0.25) is 0 Å². The summed E-state index contributed by atoms with van der Waals surface area (Å²) in [7, 11) is 0. The van der Waals surface area contributed by atoms with Crippen LogP contribution in [0.25, 0.3) is 0 Å². The topological polar surface area (TPSA) is 15.3 Å². The molecule has 1 aromatic carbocycles. The van der Waals surface area contributed by atoms with Crippen LogP contribution in [0, 0.1) is 5.82 Å². The molecule has 0 spiro atoms. The number of nitrogens with zero attached hydrogens (tertiary/aromatic N) is 1. The van der Waals surface area contributed by atoms with Gasteiger partial charge in [-0.1, -0.05) is 25.5 Å². The van der Waals surface area contributed by atoms with Crippen LogP contribution >= 0.6 is 0 Å². The van der Waals surface area contributed by atoms with Gasteiger partial charge in [0.1, 0.15) is 5.82 Å². The molecule has 1 saturated heterocycles. The highest BCUT2D eigenvalue weighted by Crippen LogP contribution is 2.14. The van der Waals surface area contributed by atoms with Gasteiger partial charge in [0.15, 0.2) is 0 Å². The standard InChI is InChI=1S/C18H29FN2/c1-3-11-21(14-18-9-4-5-10-20-18)15(2)12-16-7-6-8-17(19)13-16/h6-8,13,15,18,20H,3-5,9-12,14H2,1-2H3. The highest BCUT2D eigenvalue weighted by molar-refractivity contribution is 5.17. The summed E-state index contributed by atoms with van der Waals surface area (Å²) in [5, 5.41) is 3.63. The van der Waals surface area contributed by atoms with E-state index in [1.807, 2.05) is 12.1 Å². The van der Waals surface area contributed by atoms with Crippen molar-refractivity contribution in [1.82, 2.24) is 10.2 Å². The van der Waals surface area contributed by atoms with Crippen LogP contribution in [0.1, 0.15) is 45.1 Å². The zero-order valence-electron chi connectivity index (χ0n) is 13.4. The molecule has 2 unspecified atom stereocenters. The van der Waals surface area contributed by atoms with Crippen LogP contribution in [0.3, 0.4) is 0 Å². The van der Waals surface area contributed by atoms with Gasteiger partial charge in [0.05, 0.1) is 0 Å². The summed E-state index contributed by atoms with van der Waals surface area (Å²) < 4.78 is 13.3. The molecular weight excluding hydrogens is 263 g/mol. The molecule has 0 amide bonds. The Labute approximate surface area is 128 Å². The molecule has 0 aliphatic carbocycles. The van der Waals surface area contributed by atoms with Crippen LogP contribution in [0.4, 0.5) is 4.39 Å². The first-order chi connectivity index (χ1) is 10.2. The molecule has 1 fully saturated rings. The van der Waals surface area contributed by atoms with Gasteiger partial charge in [0.25, 0.3) is 0 Å². The fourth-order valence-corrected chi connectivity index (χ4v) is 3.28. The van der Waals surface area contributed by atoms with Crippen molar-refractivity contribution in [3.8, 4) is 0 Å². The van der Waals surface area contributed by atoms with E-state index in [0.717, 1.165) is 31.6 Å². The van der Waals surface area contributed by atoms with E-state index in [1.165, 1.54) is 31.7 Å². The van der Waals surface area contributed by atoms with Crippen molar-refractivity contribution < 1.29 is 4.39 Å². The van der Waals surface area contributed by atoms with Gasteiger partial charge in [-0.3, -0.25) is 4.90 Å². The summed E-state index contributed by atoms with van der Waals surface area (Å²) in [4.78, 5) is 2.56. The first kappa shape index (κ1) is 16.4. The minimum Gasteiger partial charge on any atom is -0.313 e. The Morgan fingerprint density at radius 2 is 2.24 bits per heavy atom.